The van der Waals surface area contributed by atoms with Gasteiger partial charge in [0, 0.05) is 23.6 Å². The Hall–Kier alpha value is -1.81. The molecule has 1 atom stereocenters. The van der Waals surface area contributed by atoms with Crippen molar-refractivity contribution in [1.29, 1.82) is 0 Å². The number of aromatic amines is 1. The van der Waals surface area contributed by atoms with Crippen molar-refractivity contribution in [3.8, 4) is 0 Å². The number of hydrogen-bond acceptors (Lipinski definition) is 2. The maximum Gasteiger partial charge on any atom is 0.236 e. The van der Waals surface area contributed by atoms with Gasteiger partial charge in [0.15, 0.2) is 0 Å². The average Bonchev–Trinajstić information content (AvgIpc) is 2.81. The average molecular weight is 273 g/mol. The molecule has 0 saturated heterocycles. The Morgan fingerprint density at radius 1 is 1.35 bits per heavy atom. The van der Waals surface area contributed by atoms with E-state index in [4.69, 9.17) is 5.73 Å². The molecule has 0 fully saturated rings. The summed E-state index contributed by atoms with van der Waals surface area (Å²) < 4.78 is 0. The van der Waals surface area contributed by atoms with Crippen molar-refractivity contribution in [3.05, 3.63) is 36.0 Å². The molecule has 0 unspecified atom stereocenters. The number of fused-ring (bicyclic) bond motifs is 1. The van der Waals surface area contributed by atoms with E-state index in [2.05, 4.69) is 36.3 Å². The quantitative estimate of drug-likeness (QED) is 0.755. The number of rotatable bonds is 6. The predicted octanol–water partition coefficient (Wildman–Crippen LogP) is 2.20. The second kappa shape index (κ2) is 6.57. The van der Waals surface area contributed by atoms with Gasteiger partial charge in [-0.1, -0.05) is 32.0 Å². The Kier molecular flexibility index (Phi) is 4.79. The number of nitrogens with two attached hydrogens (primary N) is 1. The van der Waals surface area contributed by atoms with Crippen LogP contribution in [-0.4, -0.2) is 23.5 Å². The van der Waals surface area contributed by atoms with Crippen LogP contribution in [0.25, 0.3) is 10.9 Å². The third kappa shape index (κ3) is 3.61. The summed E-state index contributed by atoms with van der Waals surface area (Å²) >= 11 is 0. The van der Waals surface area contributed by atoms with Crippen molar-refractivity contribution in [1.82, 2.24) is 10.3 Å². The number of benzene rings is 1. The number of nitrogens with one attached hydrogen (secondary N) is 2. The van der Waals surface area contributed by atoms with Crippen LogP contribution in [-0.2, 0) is 11.2 Å². The summed E-state index contributed by atoms with van der Waals surface area (Å²) in [7, 11) is 0. The summed E-state index contributed by atoms with van der Waals surface area (Å²) in [4.78, 5) is 15.1. The van der Waals surface area contributed by atoms with Crippen LogP contribution in [0.3, 0.4) is 0 Å². The lowest BCUT2D eigenvalue weighted by Gasteiger charge is -2.13. The smallest absolute Gasteiger partial charge is 0.236 e. The zero-order chi connectivity index (χ0) is 14.5. The summed E-state index contributed by atoms with van der Waals surface area (Å²) in [6.07, 6.45) is 3.54. The molecule has 1 aromatic heterocycles. The van der Waals surface area contributed by atoms with Crippen molar-refractivity contribution in [2.45, 2.75) is 32.7 Å². The van der Waals surface area contributed by atoms with Gasteiger partial charge in [0.25, 0.3) is 0 Å². The third-order valence-corrected chi connectivity index (χ3v) is 3.43. The van der Waals surface area contributed by atoms with E-state index in [-0.39, 0.29) is 5.91 Å². The van der Waals surface area contributed by atoms with Crippen LogP contribution in [0, 0.1) is 5.92 Å². The molecule has 0 radical (unpaired) electrons. The standard InChI is InChI=1S/C16H23N3O/c1-11(2)9-14(17)16(20)18-8-7-12-10-19-15-6-4-3-5-13(12)15/h3-6,10-11,14,19H,7-9,17H2,1-2H3,(H,18,20)/t14-/m0/s1. The fraction of sp³-hybridized carbons (Fsp3) is 0.438. The molecule has 4 N–H and O–H groups in total. The Labute approximate surface area is 119 Å². The number of amides is 1. The van der Waals surface area contributed by atoms with Gasteiger partial charge in [-0.2, -0.15) is 0 Å². The molecule has 1 amide bonds. The Balaban J connectivity index is 1.85. The number of para-hydroxylation sites is 1. The first kappa shape index (κ1) is 14.6. The van der Waals surface area contributed by atoms with E-state index < -0.39 is 6.04 Å². The van der Waals surface area contributed by atoms with Crippen molar-refractivity contribution >= 4 is 16.8 Å². The molecule has 0 aliphatic heterocycles. The first-order valence-electron chi connectivity index (χ1n) is 7.16. The van der Waals surface area contributed by atoms with E-state index in [0.717, 1.165) is 18.4 Å². The second-order valence-electron chi connectivity index (χ2n) is 5.64. The molecule has 1 aromatic carbocycles. The maximum absolute atomic E-state index is 11.8. The molecule has 0 spiro atoms. The fourth-order valence-corrected chi connectivity index (χ4v) is 2.40. The van der Waals surface area contributed by atoms with Crippen LogP contribution in [0.2, 0.25) is 0 Å². The first-order valence-corrected chi connectivity index (χ1v) is 7.16. The number of carbonyl (C=O) groups excluding carboxylic acids is 1. The van der Waals surface area contributed by atoms with E-state index in [1.54, 1.807) is 0 Å². The van der Waals surface area contributed by atoms with Gasteiger partial charge in [0.2, 0.25) is 5.91 Å². The zero-order valence-corrected chi connectivity index (χ0v) is 12.1. The third-order valence-electron chi connectivity index (χ3n) is 3.43. The molecule has 1 heterocycles. The fourth-order valence-electron chi connectivity index (χ4n) is 2.40. The highest BCUT2D eigenvalue weighted by Crippen LogP contribution is 2.17. The van der Waals surface area contributed by atoms with Crippen molar-refractivity contribution in [2.75, 3.05) is 6.54 Å². The normalized spacial score (nSPS) is 12.8. The molecule has 20 heavy (non-hydrogen) atoms. The Bertz CT molecular complexity index is 574. The molecule has 0 saturated carbocycles. The van der Waals surface area contributed by atoms with E-state index in [1.165, 1.54) is 10.9 Å². The highest BCUT2D eigenvalue weighted by Gasteiger charge is 2.14. The van der Waals surface area contributed by atoms with Gasteiger partial charge in [0.05, 0.1) is 6.04 Å². The van der Waals surface area contributed by atoms with Gasteiger partial charge in [-0.3, -0.25) is 4.79 Å². The summed E-state index contributed by atoms with van der Waals surface area (Å²) in [5, 5.41) is 4.13. The summed E-state index contributed by atoms with van der Waals surface area (Å²) in [6, 6.07) is 7.77. The maximum atomic E-state index is 11.8. The van der Waals surface area contributed by atoms with E-state index >= 15 is 0 Å². The monoisotopic (exact) mass is 273 g/mol. The molecule has 4 nitrogen and oxygen atoms in total. The summed E-state index contributed by atoms with van der Waals surface area (Å²) in [5.41, 5.74) is 8.20. The number of carbonyl (C=O) groups is 1. The lowest BCUT2D eigenvalue weighted by molar-refractivity contribution is -0.122. The minimum Gasteiger partial charge on any atom is -0.361 e. The van der Waals surface area contributed by atoms with Crippen LogP contribution in [0.1, 0.15) is 25.8 Å². The first-order chi connectivity index (χ1) is 9.58. The van der Waals surface area contributed by atoms with Crippen LogP contribution in [0.15, 0.2) is 30.5 Å². The molecular weight excluding hydrogens is 250 g/mol. The molecule has 2 aromatic rings. The minimum atomic E-state index is -0.405. The molecule has 2 rings (SSSR count). The van der Waals surface area contributed by atoms with Gasteiger partial charge < -0.3 is 16.0 Å². The van der Waals surface area contributed by atoms with Crippen LogP contribution < -0.4 is 11.1 Å². The SMILES string of the molecule is CC(C)C[C@H](N)C(=O)NCCc1c[nH]c2ccccc12. The van der Waals surface area contributed by atoms with Crippen molar-refractivity contribution in [3.63, 3.8) is 0 Å². The Morgan fingerprint density at radius 3 is 2.85 bits per heavy atom. The number of hydrogen-bond donors (Lipinski definition) is 3. The minimum absolute atomic E-state index is 0.0569. The highest BCUT2D eigenvalue weighted by atomic mass is 16.2. The lowest BCUT2D eigenvalue weighted by Crippen LogP contribution is -2.42. The van der Waals surface area contributed by atoms with E-state index in [9.17, 15) is 4.79 Å². The largest absolute Gasteiger partial charge is 0.361 e. The number of H-pyrrole nitrogens is 1. The highest BCUT2D eigenvalue weighted by molar-refractivity contribution is 5.83. The summed E-state index contributed by atoms with van der Waals surface area (Å²) in [5.74, 6) is 0.378. The van der Waals surface area contributed by atoms with Crippen LogP contribution >= 0.6 is 0 Å². The molecule has 108 valence electrons. The van der Waals surface area contributed by atoms with Gasteiger partial charge in [-0.15, -0.1) is 0 Å². The molecule has 0 aliphatic rings. The Morgan fingerprint density at radius 2 is 2.10 bits per heavy atom. The van der Waals surface area contributed by atoms with Crippen LogP contribution in [0.5, 0.6) is 0 Å². The molecular formula is C16H23N3O. The topological polar surface area (TPSA) is 70.9 Å². The van der Waals surface area contributed by atoms with Gasteiger partial charge in [0.1, 0.15) is 0 Å². The molecule has 4 heteroatoms. The lowest BCUT2D eigenvalue weighted by atomic mass is 10.0. The van der Waals surface area contributed by atoms with Gasteiger partial charge in [-0.05, 0) is 30.4 Å². The van der Waals surface area contributed by atoms with E-state index in [1.807, 2.05) is 18.3 Å². The molecule has 0 bridgehead atoms. The number of aromatic nitrogens is 1. The van der Waals surface area contributed by atoms with Crippen molar-refractivity contribution < 1.29 is 4.79 Å². The van der Waals surface area contributed by atoms with Gasteiger partial charge >= 0.3 is 0 Å². The van der Waals surface area contributed by atoms with E-state index in [0.29, 0.717) is 12.5 Å². The predicted molar refractivity (Wildman–Crippen MR) is 82.4 cm³/mol. The summed E-state index contributed by atoms with van der Waals surface area (Å²) in [6.45, 7) is 4.75. The van der Waals surface area contributed by atoms with Crippen LogP contribution in [0.4, 0.5) is 0 Å². The zero-order valence-electron chi connectivity index (χ0n) is 12.1. The van der Waals surface area contributed by atoms with Gasteiger partial charge in [-0.25, -0.2) is 0 Å². The van der Waals surface area contributed by atoms with Crippen molar-refractivity contribution in [2.24, 2.45) is 11.7 Å². The second-order valence-corrected chi connectivity index (χ2v) is 5.64. The molecule has 0 aliphatic carbocycles.